The summed E-state index contributed by atoms with van der Waals surface area (Å²) < 4.78 is 34.8. The summed E-state index contributed by atoms with van der Waals surface area (Å²) in [5.74, 6) is 1.32. The van der Waals surface area contributed by atoms with Gasteiger partial charge in [0, 0.05) is 29.2 Å². The molecule has 0 atom stereocenters. The molecular formula is C20H16ClN5O3S. The van der Waals surface area contributed by atoms with Crippen LogP contribution in [0.3, 0.4) is 0 Å². The van der Waals surface area contributed by atoms with E-state index in [9.17, 15) is 8.42 Å². The van der Waals surface area contributed by atoms with Crippen molar-refractivity contribution >= 4 is 27.3 Å². The van der Waals surface area contributed by atoms with E-state index in [2.05, 4.69) is 19.7 Å². The standard InChI is InChI=1S/C20H16ClN5O3S/c21-16-3-1-15(2-4-16)12-30(27,28)25-17-5-7-18(8-6-17)29-20-11-19(23-13-24-20)26-10-9-22-14-26/h1-11,13-14,25H,12H2. The zero-order valence-electron chi connectivity index (χ0n) is 15.5. The predicted octanol–water partition coefficient (Wildman–Crippen LogP) is 4.05. The second-order valence-corrected chi connectivity index (χ2v) is 8.46. The lowest BCUT2D eigenvalue weighted by molar-refractivity contribution is 0.461. The first-order valence-electron chi connectivity index (χ1n) is 8.80. The van der Waals surface area contributed by atoms with Crippen LogP contribution in [-0.4, -0.2) is 27.9 Å². The van der Waals surface area contributed by atoms with E-state index >= 15 is 0 Å². The molecule has 0 spiro atoms. The molecule has 30 heavy (non-hydrogen) atoms. The van der Waals surface area contributed by atoms with Gasteiger partial charge in [-0.2, -0.15) is 0 Å². The van der Waals surface area contributed by atoms with E-state index in [-0.39, 0.29) is 5.75 Å². The Kier molecular flexibility index (Phi) is 5.64. The summed E-state index contributed by atoms with van der Waals surface area (Å²) >= 11 is 5.83. The molecule has 0 bridgehead atoms. The number of sulfonamides is 1. The van der Waals surface area contributed by atoms with Crippen molar-refractivity contribution in [3.05, 3.63) is 90.2 Å². The molecule has 0 aliphatic carbocycles. The number of hydrogen-bond donors (Lipinski definition) is 1. The molecule has 2 aromatic heterocycles. The third kappa shape index (κ3) is 5.13. The molecular weight excluding hydrogens is 426 g/mol. The molecule has 0 unspecified atom stereocenters. The van der Waals surface area contributed by atoms with Gasteiger partial charge in [0.15, 0.2) is 0 Å². The fraction of sp³-hybridized carbons (Fsp3) is 0.0500. The Morgan fingerprint density at radius 3 is 2.50 bits per heavy atom. The van der Waals surface area contributed by atoms with Crippen LogP contribution in [0.2, 0.25) is 5.02 Å². The zero-order valence-corrected chi connectivity index (χ0v) is 17.1. The number of nitrogens with zero attached hydrogens (tertiary/aromatic N) is 4. The Bertz CT molecular complexity index is 1230. The molecule has 4 aromatic rings. The van der Waals surface area contributed by atoms with E-state index in [1.165, 1.54) is 6.33 Å². The molecule has 0 fully saturated rings. The fourth-order valence-electron chi connectivity index (χ4n) is 2.65. The largest absolute Gasteiger partial charge is 0.439 e. The number of rotatable bonds is 7. The fourth-order valence-corrected chi connectivity index (χ4v) is 3.97. The zero-order chi connectivity index (χ0) is 21.0. The van der Waals surface area contributed by atoms with Gasteiger partial charge in [0.05, 0.1) is 5.75 Å². The number of anilines is 1. The maximum atomic E-state index is 12.4. The minimum absolute atomic E-state index is 0.152. The van der Waals surface area contributed by atoms with Crippen molar-refractivity contribution in [2.24, 2.45) is 0 Å². The topological polar surface area (TPSA) is 99.0 Å². The quantitative estimate of drug-likeness (QED) is 0.464. The summed E-state index contributed by atoms with van der Waals surface area (Å²) in [7, 11) is -3.57. The Morgan fingerprint density at radius 1 is 1.03 bits per heavy atom. The molecule has 0 amide bonds. The van der Waals surface area contributed by atoms with E-state index in [1.807, 2.05) is 0 Å². The normalized spacial score (nSPS) is 11.2. The van der Waals surface area contributed by atoms with Crippen LogP contribution in [0, 0.1) is 0 Å². The highest BCUT2D eigenvalue weighted by molar-refractivity contribution is 7.91. The highest BCUT2D eigenvalue weighted by Gasteiger charge is 2.12. The molecule has 4 rings (SSSR count). The van der Waals surface area contributed by atoms with Crippen LogP contribution in [0.4, 0.5) is 5.69 Å². The summed E-state index contributed by atoms with van der Waals surface area (Å²) in [6, 6.07) is 14.9. The van der Waals surface area contributed by atoms with Crippen LogP contribution in [0.15, 0.2) is 79.6 Å². The minimum atomic E-state index is -3.57. The third-order valence-electron chi connectivity index (χ3n) is 4.02. The van der Waals surface area contributed by atoms with Gasteiger partial charge in [-0.05, 0) is 42.0 Å². The lowest BCUT2D eigenvalue weighted by Crippen LogP contribution is -2.14. The van der Waals surface area contributed by atoms with E-state index in [0.29, 0.717) is 33.7 Å². The summed E-state index contributed by atoms with van der Waals surface area (Å²) in [4.78, 5) is 12.2. The molecule has 10 heteroatoms. The van der Waals surface area contributed by atoms with Gasteiger partial charge in [0.25, 0.3) is 0 Å². The average Bonchev–Trinajstić information content (AvgIpc) is 3.26. The monoisotopic (exact) mass is 441 g/mol. The molecule has 1 N–H and O–H groups in total. The summed E-state index contributed by atoms with van der Waals surface area (Å²) in [5.41, 5.74) is 1.07. The highest BCUT2D eigenvalue weighted by atomic mass is 35.5. The molecule has 0 radical (unpaired) electrons. The Hall–Kier alpha value is -3.43. The first kappa shape index (κ1) is 19.9. The predicted molar refractivity (Wildman–Crippen MR) is 113 cm³/mol. The van der Waals surface area contributed by atoms with Gasteiger partial charge in [0.2, 0.25) is 15.9 Å². The van der Waals surface area contributed by atoms with Crippen LogP contribution < -0.4 is 9.46 Å². The Morgan fingerprint density at radius 2 is 1.80 bits per heavy atom. The Labute approximate surface area is 178 Å². The highest BCUT2D eigenvalue weighted by Crippen LogP contribution is 2.23. The molecule has 8 nitrogen and oxygen atoms in total. The van der Waals surface area contributed by atoms with Crippen molar-refractivity contribution in [2.75, 3.05) is 4.72 Å². The van der Waals surface area contributed by atoms with Gasteiger partial charge in [-0.3, -0.25) is 9.29 Å². The van der Waals surface area contributed by atoms with Gasteiger partial charge < -0.3 is 4.74 Å². The maximum absolute atomic E-state index is 12.4. The average molecular weight is 442 g/mol. The molecule has 0 aliphatic rings. The van der Waals surface area contributed by atoms with Crippen molar-refractivity contribution < 1.29 is 13.2 Å². The molecule has 2 aromatic carbocycles. The van der Waals surface area contributed by atoms with Crippen LogP contribution in [-0.2, 0) is 15.8 Å². The second kappa shape index (κ2) is 8.52. The number of hydrogen-bond acceptors (Lipinski definition) is 6. The Balaban J connectivity index is 1.42. The van der Waals surface area contributed by atoms with Gasteiger partial charge in [-0.1, -0.05) is 23.7 Å². The SMILES string of the molecule is O=S(=O)(Cc1ccc(Cl)cc1)Nc1ccc(Oc2cc(-n3ccnc3)ncn2)cc1. The summed E-state index contributed by atoms with van der Waals surface area (Å²) in [6.45, 7) is 0. The smallest absolute Gasteiger partial charge is 0.236 e. The first-order valence-corrected chi connectivity index (χ1v) is 10.8. The number of halogens is 1. The maximum Gasteiger partial charge on any atom is 0.236 e. The number of benzene rings is 2. The second-order valence-electron chi connectivity index (χ2n) is 6.30. The van der Waals surface area contributed by atoms with Crippen molar-refractivity contribution in [1.82, 2.24) is 19.5 Å². The van der Waals surface area contributed by atoms with Crippen LogP contribution in [0.25, 0.3) is 5.82 Å². The van der Waals surface area contributed by atoms with E-state index in [0.717, 1.165) is 0 Å². The van der Waals surface area contributed by atoms with Gasteiger partial charge in [0.1, 0.15) is 24.2 Å². The van der Waals surface area contributed by atoms with Gasteiger partial charge in [-0.15, -0.1) is 0 Å². The number of nitrogens with one attached hydrogen (secondary N) is 1. The number of aromatic nitrogens is 4. The molecule has 0 saturated carbocycles. The molecule has 2 heterocycles. The number of imidazole rings is 1. The first-order chi connectivity index (χ1) is 14.5. The van der Waals surface area contributed by atoms with Gasteiger partial charge >= 0.3 is 0 Å². The van der Waals surface area contributed by atoms with Crippen molar-refractivity contribution in [1.29, 1.82) is 0 Å². The summed E-state index contributed by atoms with van der Waals surface area (Å²) in [5, 5.41) is 0.556. The van der Waals surface area contributed by atoms with Crippen molar-refractivity contribution in [3.8, 4) is 17.4 Å². The third-order valence-corrected chi connectivity index (χ3v) is 5.53. The van der Waals surface area contributed by atoms with E-state index < -0.39 is 10.0 Å². The van der Waals surface area contributed by atoms with E-state index in [1.54, 1.807) is 77.9 Å². The summed E-state index contributed by atoms with van der Waals surface area (Å²) in [6.07, 6.45) is 6.42. The van der Waals surface area contributed by atoms with Crippen LogP contribution >= 0.6 is 11.6 Å². The molecule has 0 aliphatic heterocycles. The lowest BCUT2D eigenvalue weighted by atomic mass is 10.2. The van der Waals surface area contributed by atoms with E-state index in [4.69, 9.17) is 16.3 Å². The van der Waals surface area contributed by atoms with Crippen molar-refractivity contribution in [2.45, 2.75) is 5.75 Å². The number of ether oxygens (including phenoxy) is 1. The van der Waals surface area contributed by atoms with Crippen LogP contribution in [0.5, 0.6) is 11.6 Å². The van der Waals surface area contributed by atoms with Gasteiger partial charge in [-0.25, -0.2) is 23.4 Å². The minimum Gasteiger partial charge on any atom is -0.439 e. The molecule has 0 saturated heterocycles. The van der Waals surface area contributed by atoms with Crippen molar-refractivity contribution in [3.63, 3.8) is 0 Å². The molecule has 152 valence electrons. The van der Waals surface area contributed by atoms with Crippen LogP contribution in [0.1, 0.15) is 5.56 Å². The lowest BCUT2D eigenvalue weighted by Gasteiger charge is -2.10.